The summed E-state index contributed by atoms with van der Waals surface area (Å²) in [6, 6.07) is 0. The molecule has 1 aliphatic rings. The lowest BCUT2D eigenvalue weighted by Crippen LogP contribution is -2.60. The molecule has 1 saturated heterocycles. The third-order valence-electron chi connectivity index (χ3n) is 3.69. The van der Waals surface area contributed by atoms with Crippen molar-refractivity contribution in [3.63, 3.8) is 0 Å². The molecule has 11 nitrogen and oxygen atoms in total. The van der Waals surface area contributed by atoms with Crippen molar-refractivity contribution in [3.8, 4) is 12.3 Å². The van der Waals surface area contributed by atoms with Gasteiger partial charge >= 0.3 is 13.5 Å². The van der Waals surface area contributed by atoms with Crippen LogP contribution in [0.15, 0.2) is 15.8 Å². The molecule has 0 bridgehead atoms. The molecule has 1 aromatic heterocycles. The van der Waals surface area contributed by atoms with Gasteiger partial charge in [-0.2, -0.15) is 0 Å². The van der Waals surface area contributed by atoms with Gasteiger partial charge in [0.1, 0.15) is 46.9 Å². The van der Waals surface area contributed by atoms with Crippen LogP contribution in [0.1, 0.15) is 5.56 Å². The summed E-state index contributed by atoms with van der Waals surface area (Å²) in [5, 5.41) is 16.5. The monoisotopic (exact) mass is 396 g/mol. The summed E-state index contributed by atoms with van der Waals surface area (Å²) in [7, 11) is 10.5. The van der Waals surface area contributed by atoms with Crippen molar-refractivity contribution in [1.29, 1.82) is 0 Å². The predicted octanol–water partition coefficient (Wildman–Crippen LogP) is -4.19. The molecular weight excluding hydrogens is 387 g/mol. The molecule has 138 valence electrons. The zero-order valence-electron chi connectivity index (χ0n) is 13.1. The molecule has 0 saturated carbocycles. The first-order valence-electron chi connectivity index (χ1n) is 6.80. The van der Waals surface area contributed by atoms with Gasteiger partial charge in [0.25, 0.3) is 11.4 Å². The Kier molecular flexibility index (Phi) is 5.18. The number of nitrogens with one attached hydrogen (secondary N) is 1. The molecule has 16 heteroatoms. The number of hydrogen-bond acceptors (Lipinski definition) is 7. The molecule has 0 aliphatic carbocycles. The van der Waals surface area contributed by atoms with Crippen LogP contribution < -0.4 is 11.2 Å². The van der Waals surface area contributed by atoms with Crippen LogP contribution in [0.2, 0.25) is 0 Å². The third kappa shape index (κ3) is 3.45. The highest BCUT2D eigenvalue weighted by Gasteiger charge is 2.68. The first-order valence-corrected chi connectivity index (χ1v) is 8.33. The molecule has 0 unspecified atom stereocenters. The van der Waals surface area contributed by atoms with Crippen molar-refractivity contribution in [2.24, 2.45) is 0 Å². The average Bonchev–Trinajstić information content (AvgIpc) is 2.68. The number of nitrogens with zero attached hydrogens (tertiary/aromatic N) is 1. The fourth-order valence-corrected chi connectivity index (χ4v) is 2.90. The average molecular weight is 396 g/mol. The number of aromatic nitrogens is 2. The maximum atomic E-state index is 15.2. The highest BCUT2D eigenvalue weighted by molar-refractivity contribution is 7.46. The van der Waals surface area contributed by atoms with Crippen LogP contribution in [0.4, 0.5) is 4.39 Å². The number of terminal acetylenes is 1. The number of ether oxygens (including phenoxy) is 1. The second-order valence-electron chi connectivity index (χ2n) is 5.58. The summed E-state index contributed by atoms with van der Waals surface area (Å²) < 4.78 is 34.9. The Labute approximate surface area is 154 Å². The number of hydrogen-bond donors (Lipinski definition) is 5. The Morgan fingerprint density at radius 1 is 1.41 bits per heavy atom. The van der Waals surface area contributed by atoms with E-state index in [1.165, 1.54) is 0 Å². The van der Waals surface area contributed by atoms with Crippen LogP contribution in [0.3, 0.4) is 0 Å². The molecule has 1 aliphatic heterocycles. The minimum absolute atomic E-state index is 0.229. The Morgan fingerprint density at radius 3 is 2.44 bits per heavy atom. The van der Waals surface area contributed by atoms with Crippen molar-refractivity contribution in [1.82, 2.24) is 9.55 Å². The highest BCUT2D eigenvalue weighted by atomic mass is 31.2. The zero-order valence-corrected chi connectivity index (χ0v) is 14.0. The first-order chi connectivity index (χ1) is 12.1. The lowest BCUT2D eigenvalue weighted by molar-refractivity contribution is -0.240. The van der Waals surface area contributed by atoms with Crippen LogP contribution >= 0.6 is 7.82 Å². The SMILES string of the molecule is [B]C([B])(OP(=O)(O)O)[C@@]1(F)O[C@@]([B])(n2cc(C#C)c(=O)[nH]c2=O)[C@H](O)[C@@H]1O. The predicted molar refractivity (Wildman–Crippen MR) is 87.3 cm³/mol. The van der Waals surface area contributed by atoms with E-state index < -0.39 is 53.7 Å². The highest BCUT2D eigenvalue weighted by Crippen LogP contribution is 2.50. The van der Waals surface area contributed by atoms with Crippen molar-refractivity contribution in [2.75, 3.05) is 0 Å². The number of H-pyrrole nitrogens is 1. The lowest BCUT2D eigenvalue weighted by atomic mass is 9.59. The number of phosphoric ester groups is 1. The van der Waals surface area contributed by atoms with Gasteiger partial charge in [0.2, 0.25) is 0 Å². The van der Waals surface area contributed by atoms with E-state index >= 15 is 4.39 Å². The maximum absolute atomic E-state index is 15.2. The van der Waals surface area contributed by atoms with Crippen molar-refractivity contribution < 1.29 is 38.2 Å². The smallest absolute Gasteiger partial charge is 0.386 e. The maximum Gasteiger partial charge on any atom is 0.468 e. The van der Waals surface area contributed by atoms with Gasteiger partial charge in [0.05, 0.1) is 5.40 Å². The molecule has 5 N–H and O–H groups in total. The zero-order chi connectivity index (χ0) is 21.0. The Morgan fingerprint density at radius 2 is 1.96 bits per heavy atom. The number of aromatic amines is 1. The van der Waals surface area contributed by atoms with Crippen molar-refractivity contribution >= 4 is 31.4 Å². The molecule has 2 rings (SSSR count). The molecular formula is C11H9B3FN2O9P. The van der Waals surface area contributed by atoms with Gasteiger partial charge in [-0.1, -0.05) is 5.92 Å². The van der Waals surface area contributed by atoms with Gasteiger partial charge in [0, 0.05) is 6.20 Å². The summed E-state index contributed by atoms with van der Waals surface area (Å²) in [5.41, 5.74) is -5.81. The van der Waals surface area contributed by atoms with Gasteiger partial charge in [-0.15, -0.1) is 6.42 Å². The number of aliphatic hydroxyl groups is 2. The molecule has 1 fully saturated rings. The molecule has 27 heavy (non-hydrogen) atoms. The van der Waals surface area contributed by atoms with Crippen molar-refractivity contribution in [3.05, 3.63) is 32.6 Å². The van der Waals surface area contributed by atoms with Crippen LogP contribution in [-0.4, -0.2) is 76.6 Å². The van der Waals surface area contributed by atoms with Crippen molar-refractivity contribution in [2.45, 2.75) is 29.1 Å². The minimum atomic E-state index is -5.52. The fourth-order valence-electron chi connectivity index (χ4n) is 2.38. The third-order valence-corrected chi connectivity index (χ3v) is 4.23. The lowest BCUT2D eigenvalue weighted by Gasteiger charge is -2.40. The van der Waals surface area contributed by atoms with Crippen LogP contribution in [0.5, 0.6) is 0 Å². The van der Waals surface area contributed by atoms with Crippen LogP contribution in [0.25, 0.3) is 0 Å². The number of halogens is 1. The number of alkyl halides is 1. The van der Waals surface area contributed by atoms with Gasteiger partial charge in [-0.3, -0.25) is 18.9 Å². The summed E-state index contributed by atoms with van der Waals surface area (Å²) in [5.74, 6) is -2.05. The van der Waals surface area contributed by atoms with Crippen LogP contribution in [-0.2, 0) is 19.4 Å². The number of aliphatic hydroxyl groups excluding tert-OH is 2. The number of phosphoric acid groups is 1. The topological polar surface area (TPSA) is 171 Å². The molecule has 2 heterocycles. The van der Waals surface area contributed by atoms with Gasteiger partial charge in [0.15, 0.2) is 0 Å². The minimum Gasteiger partial charge on any atom is -0.386 e. The van der Waals surface area contributed by atoms with Gasteiger partial charge in [-0.05, 0) is 0 Å². The van der Waals surface area contributed by atoms with E-state index in [2.05, 4.69) is 9.26 Å². The Hall–Kier alpha value is -1.65. The van der Waals surface area contributed by atoms with E-state index in [-0.39, 0.29) is 4.57 Å². The summed E-state index contributed by atoms with van der Waals surface area (Å²) in [6.07, 6.45) is 0.415. The van der Waals surface area contributed by atoms with E-state index in [9.17, 15) is 24.4 Å². The van der Waals surface area contributed by atoms with Gasteiger partial charge in [-0.25, -0.2) is 13.8 Å². The first kappa shape index (κ1) is 21.7. The summed E-state index contributed by atoms with van der Waals surface area (Å²) in [6.45, 7) is 0. The van der Waals surface area contributed by atoms with E-state index in [0.29, 0.717) is 6.20 Å². The molecule has 0 aromatic carbocycles. The largest absolute Gasteiger partial charge is 0.468 e. The van der Waals surface area contributed by atoms with E-state index in [1.807, 2.05) is 5.92 Å². The van der Waals surface area contributed by atoms with Gasteiger partial charge < -0.3 is 24.7 Å². The molecule has 0 spiro atoms. The fraction of sp³-hybridized carbons (Fsp3) is 0.455. The molecule has 4 atom stereocenters. The normalized spacial score (nSPS) is 31.6. The molecule has 0 amide bonds. The Balaban J connectivity index is 2.63. The van der Waals surface area contributed by atoms with E-state index in [0.717, 1.165) is 0 Å². The number of rotatable bonds is 4. The standard InChI is InChI=1S/C11H9B3FN2O9P/c1-2-4-3-17(8(21)16-7(4)20)10(12)6(19)5(18)9(15,25-10)11(13,14)26-27(22,23)24/h1,3,5-6,18-19H,(H,16,20,21)(H2,22,23,24)/t5-,6+,9-,10-/m0/s1. The quantitative estimate of drug-likeness (QED) is 0.193. The second kappa shape index (κ2) is 6.46. The summed E-state index contributed by atoms with van der Waals surface area (Å²) >= 11 is 0. The Bertz CT molecular complexity index is 971. The molecule has 1 aromatic rings. The second-order valence-corrected chi connectivity index (χ2v) is 6.74. The van der Waals surface area contributed by atoms with E-state index in [1.54, 1.807) is 4.98 Å². The summed E-state index contributed by atoms with van der Waals surface area (Å²) in [4.78, 5) is 42.8. The van der Waals surface area contributed by atoms with Crippen LogP contribution in [0, 0.1) is 12.3 Å². The molecule has 6 radical (unpaired) electrons. The van der Waals surface area contributed by atoms with E-state index in [4.69, 9.17) is 39.7 Å².